The van der Waals surface area contributed by atoms with Gasteiger partial charge >= 0.3 is 0 Å². The summed E-state index contributed by atoms with van der Waals surface area (Å²) in [6.07, 6.45) is 0. The van der Waals surface area contributed by atoms with Crippen LogP contribution < -0.4 is 9.47 Å². The van der Waals surface area contributed by atoms with Crippen molar-refractivity contribution in [3.8, 4) is 22.9 Å². The van der Waals surface area contributed by atoms with E-state index in [0.717, 1.165) is 16.7 Å². The minimum Gasteiger partial charge on any atom is -0.493 e. The third-order valence-electron chi connectivity index (χ3n) is 4.44. The number of hydrogen-bond acceptors (Lipinski definition) is 6. The van der Waals surface area contributed by atoms with Crippen molar-refractivity contribution >= 4 is 5.91 Å². The third kappa shape index (κ3) is 4.28. The van der Waals surface area contributed by atoms with Crippen molar-refractivity contribution in [2.75, 3.05) is 21.3 Å². The highest BCUT2D eigenvalue weighted by atomic mass is 16.5. The lowest BCUT2D eigenvalue weighted by atomic mass is 10.1. The molecule has 0 atom stereocenters. The molecule has 3 rings (SSSR count). The first-order valence-electron chi connectivity index (χ1n) is 8.80. The molecule has 28 heavy (non-hydrogen) atoms. The summed E-state index contributed by atoms with van der Waals surface area (Å²) in [7, 11) is 4.93. The second kappa shape index (κ2) is 8.51. The molecule has 1 amide bonds. The number of amides is 1. The van der Waals surface area contributed by atoms with Crippen molar-refractivity contribution in [3.05, 3.63) is 53.6 Å². The molecule has 0 aliphatic carbocycles. The lowest BCUT2D eigenvalue weighted by Gasteiger charge is -2.19. The number of aromatic nitrogens is 4. The smallest absolute Gasteiger partial charge is 0.246 e. The summed E-state index contributed by atoms with van der Waals surface area (Å²) < 4.78 is 10.7. The molecule has 0 unspecified atom stereocenters. The zero-order chi connectivity index (χ0) is 20.1. The molecule has 0 radical (unpaired) electrons. The van der Waals surface area contributed by atoms with Crippen LogP contribution in [0, 0.1) is 6.92 Å². The molecule has 0 bridgehead atoms. The average molecular weight is 381 g/mol. The van der Waals surface area contributed by atoms with Gasteiger partial charge in [0.1, 0.15) is 6.54 Å². The number of likely N-dealkylation sites (N-methyl/N-ethyl adjacent to an activating group) is 1. The Morgan fingerprint density at radius 3 is 2.46 bits per heavy atom. The van der Waals surface area contributed by atoms with Crippen molar-refractivity contribution < 1.29 is 14.3 Å². The number of nitrogens with zero attached hydrogens (tertiary/aromatic N) is 5. The molecule has 146 valence electrons. The molecule has 1 heterocycles. The lowest BCUT2D eigenvalue weighted by Crippen LogP contribution is -2.30. The van der Waals surface area contributed by atoms with Gasteiger partial charge < -0.3 is 14.4 Å². The van der Waals surface area contributed by atoms with E-state index in [9.17, 15) is 4.79 Å². The Bertz CT molecular complexity index is 956. The summed E-state index contributed by atoms with van der Waals surface area (Å²) in [5, 5.41) is 12.3. The van der Waals surface area contributed by atoms with Crippen LogP contribution in [0.5, 0.6) is 11.5 Å². The van der Waals surface area contributed by atoms with Crippen molar-refractivity contribution in [1.29, 1.82) is 0 Å². The molecule has 8 heteroatoms. The van der Waals surface area contributed by atoms with E-state index >= 15 is 0 Å². The van der Waals surface area contributed by atoms with Crippen LogP contribution >= 0.6 is 0 Å². The molecule has 1 aromatic heterocycles. The van der Waals surface area contributed by atoms with E-state index in [2.05, 4.69) is 15.4 Å². The maximum absolute atomic E-state index is 12.6. The zero-order valence-corrected chi connectivity index (χ0v) is 16.4. The second-order valence-electron chi connectivity index (χ2n) is 6.39. The molecule has 0 aliphatic rings. The van der Waals surface area contributed by atoms with Gasteiger partial charge in [0.2, 0.25) is 11.7 Å². The van der Waals surface area contributed by atoms with Crippen molar-refractivity contribution in [2.45, 2.75) is 20.0 Å². The van der Waals surface area contributed by atoms with Gasteiger partial charge in [0.25, 0.3) is 0 Å². The van der Waals surface area contributed by atoms with E-state index in [1.54, 1.807) is 26.2 Å². The lowest BCUT2D eigenvalue weighted by molar-refractivity contribution is -0.131. The van der Waals surface area contributed by atoms with E-state index in [0.29, 0.717) is 23.9 Å². The predicted molar refractivity (Wildman–Crippen MR) is 104 cm³/mol. The van der Waals surface area contributed by atoms with Crippen LogP contribution in [0.4, 0.5) is 0 Å². The Kier molecular flexibility index (Phi) is 5.88. The SMILES string of the molecule is COc1cc(C)c(CN(C)C(=O)Cn2nnc(-c3ccccc3)n2)cc1OC. The molecular weight excluding hydrogens is 358 g/mol. The fourth-order valence-corrected chi connectivity index (χ4v) is 2.79. The van der Waals surface area contributed by atoms with E-state index in [-0.39, 0.29) is 12.5 Å². The standard InChI is InChI=1S/C20H23N5O3/c1-14-10-17(27-3)18(28-4)11-16(14)12-24(2)19(26)13-25-22-20(21-23-25)15-8-6-5-7-9-15/h5-11H,12-13H2,1-4H3. The Labute approximate surface area is 163 Å². The van der Waals surface area contributed by atoms with E-state index in [1.807, 2.05) is 49.4 Å². The third-order valence-corrected chi connectivity index (χ3v) is 4.44. The molecular formula is C20H23N5O3. The number of rotatable bonds is 7. The van der Waals surface area contributed by atoms with Gasteiger partial charge in [-0.1, -0.05) is 30.3 Å². The Balaban J connectivity index is 1.68. The Hall–Kier alpha value is -3.42. The first kappa shape index (κ1) is 19.3. The highest BCUT2D eigenvalue weighted by molar-refractivity contribution is 5.75. The monoisotopic (exact) mass is 381 g/mol. The second-order valence-corrected chi connectivity index (χ2v) is 6.39. The van der Waals surface area contributed by atoms with Crippen LogP contribution in [0.25, 0.3) is 11.4 Å². The summed E-state index contributed by atoms with van der Waals surface area (Å²) in [5.74, 6) is 1.67. The zero-order valence-electron chi connectivity index (χ0n) is 16.4. The van der Waals surface area contributed by atoms with Crippen LogP contribution in [-0.2, 0) is 17.9 Å². The van der Waals surface area contributed by atoms with Gasteiger partial charge in [0, 0.05) is 19.2 Å². The first-order valence-corrected chi connectivity index (χ1v) is 8.80. The van der Waals surface area contributed by atoms with Gasteiger partial charge in [-0.05, 0) is 35.4 Å². The predicted octanol–water partition coefficient (Wildman–Crippen LogP) is 2.32. The number of aryl methyl sites for hydroxylation is 1. The summed E-state index contributed by atoms with van der Waals surface area (Å²) in [6.45, 7) is 2.43. The topological polar surface area (TPSA) is 82.4 Å². The fraction of sp³-hybridized carbons (Fsp3) is 0.300. The van der Waals surface area contributed by atoms with Crippen LogP contribution in [0.1, 0.15) is 11.1 Å². The van der Waals surface area contributed by atoms with Gasteiger partial charge in [-0.25, -0.2) is 0 Å². The molecule has 0 N–H and O–H groups in total. The van der Waals surface area contributed by atoms with Gasteiger partial charge in [-0.15, -0.1) is 10.2 Å². The van der Waals surface area contributed by atoms with Crippen LogP contribution in [0.3, 0.4) is 0 Å². The number of carbonyl (C=O) groups is 1. The molecule has 3 aromatic rings. The summed E-state index contributed by atoms with van der Waals surface area (Å²) in [6, 6.07) is 13.3. The van der Waals surface area contributed by atoms with Crippen molar-refractivity contribution in [2.24, 2.45) is 0 Å². The maximum Gasteiger partial charge on any atom is 0.246 e. The van der Waals surface area contributed by atoms with Gasteiger partial charge in [0.15, 0.2) is 11.5 Å². The molecule has 0 fully saturated rings. The van der Waals surface area contributed by atoms with Crippen LogP contribution in [0.2, 0.25) is 0 Å². The van der Waals surface area contributed by atoms with Gasteiger partial charge in [0.05, 0.1) is 14.2 Å². The van der Waals surface area contributed by atoms with Crippen molar-refractivity contribution in [1.82, 2.24) is 25.1 Å². The quantitative estimate of drug-likeness (QED) is 0.625. The highest BCUT2D eigenvalue weighted by Crippen LogP contribution is 2.30. The van der Waals surface area contributed by atoms with Gasteiger partial charge in [-0.3, -0.25) is 4.79 Å². The normalized spacial score (nSPS) is 10.6. The number of benzene rings is 2. The highest BCUT2D eigenvalue weighted by Gasteiger charge is 2.16. The van der Waals surface area contributed by atoms with E-state index in [1.165, 1.54) is 4.80 Å². The maximum atomic E-state index is 12.6. The summed E-state index contributed by atoms with van der Waals surface area (Å²) in [5.41, 5.74) is 2.85. The molecule has 0 saturated carbocycles. The molecule has 2 aromatic carbocycles. The molecule has 0 aliphatic heterocycles. The van der Waals surface area contributed by atoms with Crippen molar-refractivity contribution in [3.63, 3.8) is 0 Å². The number of carbonyl (C=O) groups excluding carboxylic acids is 1. The first-order chi connectivity index (χ1) is 13.5. The Morgan fingerprint density at radius 2 is 1.79 bits per heavy atom. The molecule has 0 spiro atoms. The fourth-order valence-electron chi connectivity index (χ4n) is 2.79. The summed E-state index contributed by atoms with van der Waals surface area (Å²) >= 11 is 0. The summed E-state index contributed by atoms with van der Waals surface area (Å²) in [4.78, 5) is 15.5. The molecule has 8 nitrogen and oxygen atoms in total. The van der Waals surface area contributed by atoms with E-state index in [4.69, 9.17) is 9.47 Å². The van der Waals surface area contributed by atoms with E-state index < -0.39 is 0 Å². The number of ether oxygens (including phenoxy) is 2. The van der Waals surface area contributed by atoms with Crippen LogP contribution in [0.15, 0.2) is 42.5 Å². The minimum absolute atomic E-state index is 0.0165. The minimum atomic E-state index is -0.119. The Morgan fingerprint density at radius 1 is 1.11 bits per heavy atom. The van der Waals surface area contributed by atoms with Gasteiger partial charge in [-0.2, -0.15) is 4.80 Å². The average Bonchev–Trinajstić information content (AvgIpc) is 3.18. The largest absolute Gasteiger partial charge is 0.493 e. The molecule has 0 saturated heterocycles. The number of hydrogen-bond donors (Lipinski definition) is 0. The number of tetrazole rings is 1. The van der Waals surface area contributed by atoms with Crippen LogP contribution in [-0.4, -0.2) is 52.3 Å². The number of methoxy groups -OCH3 is 2.